The minimum atomic E-state index is -0.162. The van der Waals surface area contributed by atoms with E-state index in [2.05, 4.69) is 20.8 Å². The van der Waals surface area contributed by atoms with Crippen LogP contribution in [0.5, 0.6) is 11.5 Å². The summed E-state index contributed by atoms with van der Waals surface area (Å²) < 4.78 is 11.8. The van der Waals surface area contributed by atoms with Gasteiger partial charge in [0, 0.05) is 6.54 Å². The van der Waals surface area contributed by atoms with Crippen LogP contribution in [0, 0.1) is 0 Å². The maximum absolute atomic E-state index is 11.6. The summed E-state index contributed by atoms with van der Waals surface area (Å²) in [5, 5.41) is 13.3. The van der Waals surface area contributed by atoms with Crippen LogP contribution in [0.15, 0.2) is 24.5 Å². The predicted molar refractivity (Wildman–Crippen MR) is 62.2 cm³/mol. The normalized spacial score (nSPS) is 12.4. The second-order valence-corrected chi connectivity index (χ2v) is 3.97. The average Bonchev–Trinajstić information content (AvgIpc) is 3.06. The number of fused-ring (bicyclic) bond motifs is 1. The zero-order valence-corrected chi connectivity index (χ0v) is 9.94. The van der Waals surface area contributed by atoms with E-state index in [1.807, 2.05) is 18.2 Å². The summed E-state index contributed by atoms with van der Waals surface area (Å²) in [5.41, 5.74) is 0.939. The van der Waals surface area contributed by atoms with Crippen molar-refractivity contribution in [2.45, 2.75) is 13.1 Å². The van der Waals surface area contributed by atoms with E-state index in [0.717, 1.165) is 11.3 Å². The number of nitrogens with zero attached hydrogens (tertiary/aromatic N) is 4. The minimum absolute atomic E-state index is 0.0948. The summed E-state index contributed by atoms with van der Waals surface area (Å²) in [6, 6.07) is 5.55. The molecule has 0 fully saturated rings. The fourth-order valence-corrected chi connectivity index (χ4v) is 1.71. The molecule has 8 heteroatoms. The molecule has 1 aliphatic rings. The van der Waals surface area contributed by atoms with Crippen LogP contribution in [0.25, 0.3) is 0 Å². The molecule has 0 atom stereocenters. The minimum Gasteiger partial charge on any atom is -0.454 e. The van der Waals surface area contributed by atoms with Gasteiger partial charge in [-0.15, -0.1) is 5.10 Å². The number of ether oxygens (including phenoxy) is 2. The van der Waals surface area contributed by atoms with E-state index >= 15 is 0 Å². The van der Waals surface area contributed by atoms with Gasteiger partial charge in [-0.2, -0.15) is 0 Å². The van der Waals surface area contributed by atoms with Crippen molar-refractivity contribution in [1.82, 2.24) is 25.5 Å². The van der Waals surface area contributed by atoms with Gasteiger partial charge in [0.1, 0.15) is 12.9 Å². The van der Waals surface area contributed by atoms with Crippen LogP contribution in [0.4, 0.5) is 0 Å². The second kappa shape index (κ2) is 4.92. The van der Waals surface area contributed by atoms with Gasteiger partial charge in [-0.05, 0) is 28.1 Å². The molecule has 0 spiro atoms. The van der Waals surface area contributed by atoms with Crippen molar-refractivity contribution in [3.63, 3.8) is 0 Å². The number of tetrazole rings is 1. The van der Waals surface area contributed by atoms with Crippen molar-refractivity contribution in [3.8, 4) is 11.5 Å². The summed E-state index contributed by atoms with van der Waals surface area (Å²) in [6.07, 6.45) is 1.39. The molecule has 1 aromatic heterocycles. The first kappa shape index (κ1) is 11.5. The molecule has 3 rings (SSSR count). The molecule has 2 heterocycles. The van der Waals surface area contributed by atoms with Crippen molar-refractivity contribution in [2.24, 2.45) is 0 Å². The van der Waals surface area contributed by atoms with Gasteiger partial charge in [-0.1, -0.05) is 6.07 Å². The Morgan fingerprint density at radius 1 is 1.37 bits per heavy atom. The Morgan fingerprint density at radius 3 is 3.11 bits per heavy atom. The maximum Gasteiger partial charge on any atom is 0.242 e. The Morgan fingerprint density at radius 2 is 2.26 bits per heavy atom. The fourth-order valence-electron chi connectivity index (χ4n) is 1.71. The largest absolute Gasteiger partial charge is 0.454 e. The van der Waals surface area contributed by atoms with Crippen molar-refractivity contribution in [1.29, 1.82) is 0 Å². The van der Waals surface area contributed by atoms with Crippen molar-refractivity contribution in [2.75, 3.05) is 6.79 Å². The number of nitrogens with one attached hydrogen (secondary N) is 1. The molecule has 19 heavy (non-hydrogen) atoms. The highest BCUT2D eigenvalue weighted by Crippen LogP contribution is 2.32. The summed E-state index contributed by atoms with van der Waals surface area (Å²) in [4.78, 5) is 11.6. The van der Waals surface area contributed by atoms with E-state index in [1.54, 1.807) is 0 Å². The Bertz CT molecular complexity index is 584. The third kappa shape index (κ3) is 2.62. The zero-order chi connectivity index (χ0) is 13.1. The second-order valence-electron chi connectivity index (χ2n) is 3.97. The Kier molecular flexibility index (Phi) is 2.97. The van der Waals surface area contributed by atoms with Crippen molar-refractivity contribution >= 4 is 5.91 Å². The van der Waals surface area contributed by atoms with E-state index in [1.165, 1.54) is 11.0 Å². The molecule has 2 aromatic rings. The number of hydrogen-bond acceptors (Lipinski definition) is 6. The number of benzene rings is 1. The number of rotatable bonds is 4. The Balaban J connectivity index is 1.56. The zero-order valence-electron chi connectivity index (χ0n) is 9.94. The average molecular weight is 261 g/mol. The molecular weight excluding hydrogens is 250 g/mol. The lowest BCUT2D eigenvalue weighted by atomic mass is 10.2. The van der Waals surface area contributed by atoms with Gasteiger partial charge in [0.2, 0.25) is 12.7 Å². The summed E-state index contributed by atoms with van der Waals surface area (Å²) >= 11 is 0. The van der Waals surface area contributed by atoms with Crippen molar-refractivity contribution < 1.29 is 14.3 Å². The van der Waals surface area contributed by atoms with Crippen LogP contribution in [0.3, 0.4) is 0 Å². The molecule has 0 aliphatic carbocycles. The van der Waals surface area contributed by atoms with Crippen LogP contribution >= 0.6 is 0 Å². The fraction of sp³-hybridized carbons (Fsp3) is 0.273. The number of aromatic nitrogens is 4. The highest BCUT2D eigenvalue weighted by Gasteiger charge is 2.13. The van der Waals surface area contributed by atoms with E-state index < -0.39 is 0 Å². The summed E-state index contributed by atoms with van der Waals surface area (Å²) in [5.74, 6) is 1.26. The van der Waals surface area contributed by atoms with Crippen LogP contribution in [-0.2, 0) is 17.9 Å². The topological polar surface area (TPSA) is 91.2 Å². The van der Waals surface area contributed by atoms with Gasteiger partial charge >= 0.3 is 0 Å². The quantitative estimate of drug-likeness (QED) is 0.813. The maximum atomic E-state index is 11.6. The highest BCUT2D eigenvalue weighted by atomic mass is 16.7. The van der Waals surface area contributed by atoms with E-state index in [0.29, 0.717) is 12.3 Å². The lowest BCUT2D eigenvalue weighted by Crippen LogP contribution is -2.27. The summed E-state index contributed by atoms with van der Waals surface area (Å²) in [6.45, 7) is 0.750. The Labute approximate surface area is 108 Å². The van der Waals surface area contributed by atoms with Gasteiger partial charge in [-0.3, -0.25) is 4.79 Å². The van der Waals surface area contributed by atoms with Crippen LogP contribution in [0.2, 0.25) is 0 Å². The molecule has 1 N–H and O–H groups in total. The molecule has 1 amide bonds. The monoisotopic (exact) mass is 261 g/mol. The lowest BCUT2D eigenvalue weighted by molar-refractivity contribution is -0.122. The molecule has 98 valence electrons. The van der Waals surface area contributed by atoms with Gasteiger partial charge in [0.25, 0.3) is 0 Å². The van der Waals surface area contributed by atoms with Gasteiger partial charge in [0.05, 0.1) is 0 Å². The molecule has 8 nitrogen and oxygen atoms in total. The smallest absolute Gasteiger partial charge is 0.242 e. The predicted octanol–water partition coefficient (Wildman–Crippen LogP) is -0.282. The van der Waals surface area contributed by atoms with E-state index in [4.69, 9.17) is 9.47 Å². The molecule has 0 saturated carbocycles. The first-order valence-corrected chi connectivity index (χ1v) is 5.67. The van der Waals surface area contributed by atoms with Gasteiger partial charge in [0.15, 0.2) is 11.5 Å². The standard InChI is InChI=1S/C11H11N5O3/c17-11(5-16-6-13-14-15-16)12-4-8-1-2-9-10(3-8)19-7-18-9/h1-3,6H,4-5,7H2,(H,12,17). The molecular formula is C11H11N5O3. The molecule has 1 aromatic carbocycles. The SMILES string of the molecule is O=C(Cn1cnnn1)NCc1ccc2c(c1)OCO2. The molecule has 0 radical (unpaired) electrons. The first-order valence-electron chi connectivity index (χ1n) is 5.67. The van der Waals surface area contributed by atoms with Crippen LogP contribution in [0.1, 0.15) is 5.56 Å². The van der Waals surface area contributed by atoms with E-state index in [-0.39, 0.29) is 19.2 Å². The molecule has 0 saturated heterocycles. The highest BCUT2D eigenvalue weighted by molar-refractivity contribution is 5.75. The number of carbonyl (C=O) groups is 1. The lowest BCUT2D eigenvalue weighted by Gasteiger charge is -2.05. The number of carbonyl (C=O) groups excluding carboxylic acids is 1. The third-order valence-electron chi connectivity index (χ3n) is 2.62. The van der Waals surface area contributed by atoms with Crippen LogP contribution in [-0.4, -0.2) is 32.9 Å². The third-order valence-corrected chi connectivity index (χ3v) is 2.62. The van der Waals surface area contributed by atoms with Crippen molar-refractivity contribution in [3.05, 3.63) is 30.1 Å². The molecule has 0 bridgehead atoms. The molecule has 1 aliphatic heterocycles. The first-order chi connectivity index (χ1) is 9.31. The molecule has 0 unspecified atom stereocenters. The Hall–Kier alpha value is -2.64. The number of hydrogen-bond donors (Lipinski definition) is 1. The van der Waals surface area contributed by atoms with Gasteiger partial charge in [-0.25, -0.2) is 4.68 Å². The van der Waals surface area contributed by atoms with E-state index in [9.17, 15) is 4.79 Å². The summed E-state index contributed by atoms with van der Waals surface area (Å²) in [7, 11) is 0. The number of amides is 1. The van der Waals surface area contributed by atoms with Gasteiger partial charge < -0.3 is 14.8 Å². The van der Waals surface area contributed by atoms with Crippen LogP contribution < -0.4 is 14.8 Å².